The fourth-order valence-corrected chi connectivity index (χ4v) is 2.17. The molecule has 0 saturated heterocycles. The van der Waals surface area contributed by atoms with Crippen LogP contribution < -0.4 is 5.32 Å². The van der Waals surface area contributed by atoms with E-state index in [1.807, 2.05) is 0 Å². The Morgan fingerprint density at radius 3 is 3.06 bits per heavy atom. The lowest BCUT2D eigenvalue weighted by molar-refractivity contribution is 0.0862. The zero-order valence-corrected chi connectivity index (χ0v) is 9.02. The van der Waals surface area contributed by atoms with E-state index in [1.54, 1.807) is 0 Å². The van der Waals surface area contributed by atoms with Crippen LogP contribution in [0.15, 0.2) is 6.33 Å². The van der Waals surface area contributed by atoms with E-state index in [-0.39, 0.29) is 30.3 Å². The van der Waals surface area contributed by atoms with E-state index in [0.717, 1.165) is 25.7 Å². The predicted molar refractivity (Wildman–Crippen MR) is 56.7 cm³/mol. The van der Waals surface area contributed by atoms with Crippen molar-refractivity contribution in [3.8, 4) is 0 Å². The summed E-state index contributed by atoms with van der Waals surface area (Å²) in [7, 11) is 0. The zero-order valence-electron chi connectivity index (χ0n) is 9.02. The molecule has 1 fully saturated rings. The van der Waals surface area contributed by atoms with Crippen molar-refractivity contribution < 1.29 is 9.90 Å². The molecule has 1 aromatic rings. The molecule has 6 nitrogen and oxygen atoms in total. The summed E-state index contributed by atoms with van der Waals surface area (Å²) < 4.78 is 0. The monoisotopic (exact) mass is 224 g/mol. The first kappa shape index (κ1) is 11.1. The van der Waals surface area contributed by atoms with E-state index in [2.05, 4.69) is 20.5 Å². The van der Waals surface area contributed by atoms with Gasteiger partial charge in [0.1, 0.15) is 6.33 Å². The van der Waals surface area contributed by atoms with Crippen LogP contribution in [0.25, 0.3) is 0 Å². The molecule has 88 valence electrons. The standard InChI is InChI=1S/C10H16N4O2/c15-5-7-3-1-2-4-8(7)13-10(16)9-11-6-12-14-9/h6-8,15H,1-5H2,(H,13,16)(H,11,12,14). The Bertz CT molecular complexity index is 339. The number of hydrogen-bond acceptors (Lipinski definition) is 4. The van der Waals surface area contributed by atoms with Crippen LogP contribution in [-0.2, 0) is 0 Å². The Morgan fingerprint density at radius 2 is 2.38 bits per heavy atom. The van der Waals surface area contributed by atoms with Crippen molar-refractivity contribution >= 4 is 5.91 Å². The normalized spacial score (nSPS) is 25.3. The summed E-state index contributed by atoms with van der Waals surface area (Å²) in [5, 5.41) is 18.3. The molecule has 16 heavy (non-hydrogen) atoms. The minimum atomic E-state index is -0.247. The number of carbonyl (C=O) groups is 1. The van der Waals surface area contributed by atoms with Crippen LogP contribution in [0.3, 0.4) is 0 Å². The van der Waals surface area contributed by atoms with E-state index in [9.17, 15) is 9.90 Å². The average Bonchev–Trinajstić information content (AvgIpc) is 2.83. The van der Waals surface area contributed by atoms with E-state index in [4.69, 9.17) is 0 Å². The molecular weight excluding hydrogens is 208 g/mol. The summed E-state index contributed by atoms with van der Waals surface area (Å²) in [4.78, 5) is 15.5. The third-order valence-electron chi connectivity index (χ3n) is 3.09. The molecule has 3 N–H and O–H groups in total. The molecule has 2 rings (SSSR count). The highest BCUT2D eigenvalue weighted by atomic mass is 16.3. The van der Waals surface area contributed by atoms with Gasteiger partial charge in [-0.15, -0.1) is 0 Å². The Balaban J connectivity index is 1.95. The van der Waals surface area contributed by atoms with Crippen LogP contribution in [0.5, 0.6) is 0 Å². The van der Waals surface area contributed by atoms with E-state index in [1.165, 1.54) is 6.33 Å². The molecule has 1 amide bonds. The predicted octanol–water partition coefficient (Wildman–Crippen LogP) is 0.0856. The molecule has 1 aliphatic rings. The Kier molecular flexibility index (Phi) is 3.51. The minimum Gasteiger partial charge on any atom is -0.396 e. The van der Waals surface area contributed by atoms with E-state index >= 15 is 0 Å². The van der Waals surface area contributed by atoms with Gasteiger partial charge in [-0.3, -0.25) is 9.89 Å². The summed E-state index contributed by atoms with van der Waals surface area (Å²) in [5.41, 5.74) is 0. The zero-order chi connectivity index (χ0) is 11.4. The van der Waals surface area contributed by atoms with Crippen LogP contribution in [0.1, 0.15) is 36.3 Å². The van der Waals surface area contributed by atoms with Crippen LogP contribution in [0.2, 0.25) is 0 Å². The van der Waals surface area contributed by atoms with Gasteiger partial charge < -0.3 is 10.4 Å². The van der Waals surface area contributed by atoms with Crippen molar-refractivity contribution in [1.29, 1.82) is 0 Å². The third-order valence-corrected chi connectivity index (χ3v) is 3.09. The topological polar surface area (TPSA) is 90.9 Å². The number of aliphatic hydroxyl groups is 1. The SMILES string of the molecule is O=C(NC1CCCCC1CO)c1ncn[nH]1. The number of nitrogens with one attached hydrogen (secondary N) is 2. The van der Waals surface area contributed by atoms with Crippen LogP contribution in [-0.4, -0.2) is 38.8 Å². The lowest BCUT2D eigenvalue weighted by atomic mass is 9.85. The maximum absolute atomic E-state index is 11.7. The largest absolute Gasteiger partial charge is 0.396 e. The molecule has 2 unspecified atom stereocenters. The summed E-state index contributed by atoms with van der Waals surface area (Å²) in [6.07, 6.45) is 5.42. The van der Waals surface area contributed by atoms with Crippen LogP contribution in [0, 0.1) is 5.92 Å². The van der Waals surface area contributed by atoms with Crippen LogP contribution >= 0.6 is 0 Å². The first-order chi connectivity index (χ1) is 7.81. The van der Waals surface area contributed by atoms with Crippen LogP contribution in [0.4, 0.5) is 0 Å². The molecule has 1 aromatic heterocycles. The smallest absolute Gasteiger partial charge is 0.288 e. The van der Waals surface area contributed by atoms with Crippen molar-refractivity contribution in [1.82, 2.24) is 20.5 Å². The van der Waals surface area contributed by atoms with Gasteiger partial charge in [-0.1, -0.05) is 12.8 Å². The number of aromatic amines is 1. The third kappa shape index (κ3) is 2.38. The van der Waals surface area contributed by atoms with Crippen molar-refractivity contribution in [2.75, 3.05) is 6.61 Å². The van der Waals surface area contributed by atoms with Crippen molar-refractivity contribution in [3.05, 3.63) is 12.2 Å². The number of rotatable bonds is 3. The van der Waals surface area contributed by atoms with Gasteiger partial charge in [-0.25, -0.2) is 4.98 Å². The van der Waals surface area contributed by atoms with E-state index in [0.29, 0.717) is 0 Å². The molecular formula is C10H16N4O2. The number of H-pyrrole nitrogens is 1. The van der Waals surface area contributed by atoms with Gasteiger partial charge in [-0.2, -0.15) is 5.10 Å². The van der Waals surface area contributed by atoms with Gasteiger partial charge in [0.25, 0.3) is 5.91 Å². The molecule has 1 heterocycles. The Morgan fingerprint density at radius 1 is 1.56 bits per heavy atom. The highest BCUT2D eigenvalue weighted by molar-refractivity contribution is 5.90. The highest BCUT2D eigenvalue weighted by Gasteiger charge is 2.26. The van der Waals surface area contributed by atoms with Crippen molar-refractivity contribution in [2.24, 2.45) is 5.92 Å². The van der Waals surface area contributed by atoms with Crippen molar-refractivity contribution in [2.45, 2.75) is 31.7 Å². The molecule has 0 radical (unpaired) electrons. The maximum Gasteiger partial charge on any atom is 0.288 e. The highest BCUT2D eigenvalue weighted by Crippen LogP contribution is 2.23. The Hall–Kier alpha value is -1.43. The quantitative estimate of drug-likeness (QED) is 0.678. The summed E-state index contributed by atoms with van der Waals surface area (Å²) >= 11 is 0. The second-order valence-electron chi connectivity index (χ2n) is 4.14. The summed E-state index contributed by atoms with van der Waals surface area (Å²) in [6.45, 7) is 0.126. The minimum absolute atomic E-state index is 0.0522. The number of aromatic nitrogens is 3. The second kappa shape index (κ2) is 5.07. The van der Waals surface area contributed by atoms with Gasteiger partial charge in [0.05, 0.1) is 0 Å². The second-order valence-corrected chi connectivity index (χ2v) is 4.14. The van der Waals surface area contributed by atoms with Gasteiger partial charge in [0.2, 0.25) is 5.82 Å². The van der Waals surface area contributed by atoms with Gasteiger partial charge >= 0.3 is 0 Å². The fraction of sp³-hybridized carbons (Fsp3) is 0.700. The molecule has 0 spiro atoms. The number of hydrogen-bond donors (Lipinski definition) is 3. The molecule has 0 bridgehead atoms. The van der Waals surface area contributed by atoms with Gasteiger partial charge in [0.15, 0.2) is 0 Å². The maximum atomic E-state index is 11.7. The fourth-order valence-electron chi connectivity index (χ4n) is 2.17. The molecule has 2 atom stereocenters. The summed E-state index contributed by atoms with van der Waals surface area (Å²) in [6, 6.07) is 0.0522. The summed E-state index contributed by atoms with van der Waals surface area (Å²) in [5.74, 6) is 0.144. The average molecular weight is 224 g/mol. The first-order valence-corrected chi connectivity index (χ1v) is 5.58. The number of carbonyl (C=O) groups excluding carboxylic acids is 1. The Labute approximate surface area is 93.5 Å². The number of nitrogens with zero attached hydrogens (tertiary/aromatic N) is 2. The molecule has 1 aliphatic carbocycles. The van der Waals surface area contributed by atoms with Gasteiger partial charge in [-0.05, 0) is 12.8 Å². The lowest BCUT2D eigenvalue weighted by Gasteiger charge is -2.30. The number of amides is 1. The number of aliphatic hydroxyl groups excluding tert-OH is 1. The molecule has 6 heteroatoms. The molecule has 1 saturated carbocycles. The lowest BCUT2D eigenvalue weighted by Crippen LogP contribution is -2.43. The van der Waals surface area contributed by atoms with Crippen molar-refractivity contribution in [3.63, 3.8) is 0 Å². The molecule has 0 aliphatic heterocycles. The van der Waals surface area contributed by atoms with E-state index < -0.39 is 0 Å². The van der Waals surface area contributed by atoms with Gasteiger partial charge in [0, 0.05) is 18.6 Å². The molecule has 0 aromatic carbocycles. The first-order valence-electron chi connectivity index (χ1n) is 5.58.